The molecule has 1 aliphatic rings. The van der Waals surface area contributed by atoms with Gasteiger partial charge in [0.25, 0.3) is 5.91 Å². The van der Waals surface area contributed by atoms with E-state index in [4.69, 9.17) is 0 Å². The number of benzene rings is 2. The lowest BCUT2D eigenvalue weighted by Gasteiger charge is -2.34. The van der Waals surface area contributed by atoms with Gasteiger partial charge in [0.15, 0.2) is 0 Å². The van der Waals surface area contributed by atoms with Crippen molar-refractivity contribution in [1.82, 2.24) is 14.2 Å². The van der Waals surface area contributed by atoms with Gasteiger partial charge in [-0.2, -0.15) is 4.31 Å². The van der Waals surface area contributed by atoms with Gasteiger partial charge in [0, 0.05) is 37.8 Å². The maximum atomic E-state index is 13.4. The zero-order valence-corrected chi connectivity index (χ0v) is 22.2. The molecule has 4 rings (SSSR count). The van der Waals surface area contributed by atoms with E-state index in [1.54, 1.807) is 23.7 Å². The topological polar surface area (TPSA) is 88.5 Å². The van der Waals surface area contributed by atoms with Crippen molar-refractivity contribution in [2.24, 2.45) is 18.9 Å². The maximum Gasteiger partial charge on any atom is 0.256 e. The van der Waals surface area contributed by atoms with Crippen LogP contribution in [-0.4, -0.2) is 42.3 Å². The van der Waals surface area contributed by atoms with Crippen molar-refractivity contribution in [3.8, 4) is 0 Å². The first-order chi connectivity index (χ1) is 17.1. The fraction of sp³-hybridized carbons (Fsp3) is 0.429. The number of nitrogens with zero attached hydrogens (tertiary/aromatic N) is 2. The third-order valence-electron chi connectivity index (χ3n) is 6.96. The van der Waals surface area contributed by atoms with Gasteiger partial charge in [-0.05, 0) is 61.8 Å². The standard InChI is InChI=1S/C28H35N3O4S/c1-19-14-20(2)17-31(16-19)36(34,35)23-12-13-26-24(15-23)27(32)25(18-30(26)4)28(33)29-21(3)10-11-22-8-6-5-7-9-22/h5-9,12-13,15,18-21H,10-11,14,16-17H2,1-4H3,(H,29,33)/t19-,20-,21-/m1/s1. The zero-order chi connectivity index (χ0) is 26.0. The van der Waals surface area contributed by atoms with E-state index in [0.29, 0.717) is 18.6 Å². The van der Waals surface area contributed by atoms with E-state index in [-0.39, 0.29) is 33.7 Å². The minimum absolute atomic E-state index is 0.00586. The molecule has 0 unspecified atom stereocenters. The molecule has 0 saturated carbocycles. The van der Waals surface area contributed by atoms with Gasteiger partial charge in [-0.3, -0.25) is 9.59 Å². The molecule has 1 fully saturated rings. The number of nitrogens with one attached hydrogen (secondary N) is 1. The van der Waals surface area contributed by atoms with Crippen LogP contribution >= 0.6 is 0 Å². The van der Waals surface area contributed by atoms with Crippen LogP contribution < -0.4 is 10.7 Å². The monoisotopic (exact) mass is 509 g/mol. The number of pyridine rings is 1. The van der Waals surface area contributed by atoms with Crippen molar-refractivity contribution in [3.63, 3.8) is 0 Å². The highest BCUT2D eigenvalue weighted by Crippen LogP contribution is 2.28. The van der Waals surface area contributed by atoms with E-state index in [1.165, 1.54) is 22.1 Å². The van der Waals surface area contributed by atoms with Gasteiger partial charge in [0.05, 0.1) is 10.4 Å². The molecule has 192 valence electrons. The van der Waals surface area contributed by atoms with Crippen LogP contribution in [-0.2, 0) is 23.5 Å². The van der Waals surface area contributed by atoms with E-state index in [1.807, 2.05) is 37.3 Å². The Morgan fingerprint density at radius 3 is 2.42 bits per heavy atom. The van der Waals surface area contributed by atoms with Gasteiger partial charge in [0.2, 0.25) is 15.5 Å². The summed E-state index contributed by atoms with van der Waals surface area (Å²) in [5, 5.41) is 3.15. The molecule has 0 aliphatic carbocycles. The van der Waals surface area contributed by atoms with Gasteiger partial charge in [-0.15, -0.1) is 0 Å². The first-order valence-electron chi connectivity index (χ1n) is 12.5. The van der Waals surface area contributed by atoms with Crippen LogP contribution in [0.1, 0.15) is 49.5 Å². The van der Waals surface area contributed by atoms with Crippen LogP contribution in [0.3, 0.4) is 0 Å². The second-order valence-corrected chi connectivity index (χ2v) is 12.3. The van der Waals surface area contributed by atoms with Crippen molar-refractivity contribution in [2.75, 3.05) is 13.1 Å². The summed E-state index contributed by atoms with van der Waals surface area (Å²) in [6, 6.07) is 14.5. The van der Waals surface area contributed by atoms with Crippen molar-refractivity contribution < 1.29 is 13.2 Å². The van der Waals surface area contributed by atoms with Gasteiger partial charge in [-0.25, -0.2) is 8.42 Å². The number of aryl methyl sites for hydroxylation is 2. The maximum absolute atomic E-state index is 13.4. The van der Waals surface area contributed by atoms with Crippen LogP contribution in [0.2, 0.25) is 0 Å². The summed E-state index contributed by atoms with van der Waals surface area (Å²) in [7, 11) is -2.00. The summed E-state index contributed by atoms with van der Waals surface area (Å²) in [6.07, 6.45) is 4.06. The highest BCUT2D eigenvalue weighted by Gasteiger charge is 2.32. The molecule has 0 bridgehead atoms. The quantitative estimate of drug-likeness (QED) is 0.522. The van der Waals surface area contributed by atoms with Gasteiger partial charge >= 0.3 is 0 Å². The number of aromatic nitrogens is 1. The predicted molar refractivity (Wildman–Crippen MR) is 143 cm³/mol. The number of amides is 1. The SMILES string of the molecule is C[C@@H]1C[C@@H](C)CN(S(=O)(=O)c2ccc3c(c2)c(=O)c(C(=O)N[C@H](C)CCc2ccccc2)cn3C)C1. The first-order valence-corrected chi connectivity index (χ1v) is 14.0. The molecule has 2 heterocycles. The lowest BCUT2D eigenvalue weighted by molar-refractivity contribution is 0.0937. The van der Waals surface area contributed by atoms with Crippen molar-refractivity contribution >= 4 is 26.8 Å². The van der Waals surface area contributed by atoms with E-state index >= 15 is 0 Å². The summed E-state index contributed by atoms with van der Waals surface area (Å²) in [5.41, 5.74) is 1.30. The van der Waals surface area contributed by atoms with E-state index < -0.39 is 21.4 Å². The molecule has 1 aliphatic heterocycles. The lowest BCUT2D eigenvalue weighted by Crippen LogP contribution is -2.42. The Balaban J connectivity index is 1.59. The predicted octanol–water partition coefficient (Wildman–Crippen LogP) is 3.96. The largest absolute Gasteiger partial charge is 0.350 e. The Morgan fingerprint density at radius 2 is 1.75 bits per heavy atom. The Hall–Kier alpha value is -2.97. The van der Waals surface area contributed by atoms with Crippen LogP contribution in [0.5, 0.6) is 0 Å². The summed E-state index contributed by atoms with van der Waals surface area (Å²) >= 11 is 0. The van der Waals surface area contributed by atoms with Crippen LogP contribution in [0.4, 0.5) is 0 Å². The number of hydrogen-bond acceptors (Lipinski definition) is 4. The molecule has 0 spiro atoms. The molecular formula is C28H35N3O4S. The molecular weight excluding hydrogens is 474 g/mol. The van der Waals surface area contributed by atoms with E-state index in [2.05, 4.69) is 19.2 Å². The molecule has 3 aromatic rings. The van der Waals surface area contributed by atoms with Crippen molar-refractivity contribution in [2.45, 2.75) is 51.0 Å². The summed E-state index contributed by atoms with van der Waals surface area (Å²) in [6.45, 7) is 6.95. The molecule has 0 radical (unpaired) electrons. The number of carbonyl (C=O) groups excluding carboxylic acids is 1. The number of hydrogen-bond donors (Lipinski definition) is 1. The average molecular weight is 510 g/mol. The number of piperidine rings is 1. The highest BCUT2D eigenvalue weighted by molar-refractivity contribution is 7.89. The first kappa shape index (κ1) is 26.1. The average Bonchev–Trinajstić information content (AvgIpc) is 2.84. The summed E-state index contributed by atoms with van der Waals surface area (Å²) in [4.78, 5) is 26.5. The minimum Gasteiger partial charge on any atom is -0.350 e. The molecule has 1 aromatic heterocycles. The molecule has 1 saturated heterocycles. The molecule has 8 heteroatoms. The van der Waals surface area contributed by atoms with Gasteiger partial charge in [0.1, 0.15) is 5.56 Å². The smallest absolute Gasteiger partial charge is 0.256 e. The van der Waals surface area contributed by atoms with Crippen LogP contribution in [0, 0.1) is 11.8 Å². The normalized spacial score (nSPS) is 19.8. The molecule has 3 atom stereocenters. The summed E-state index contributed by atoms with van der Waals surface area (Å²) in [5.74, 6) is 0.0945. The highest BCUT2D eigenvalue weighted by atomic mass is 32.2. The van der Waals surface area contributed by atoms with Crippen molar-refractivity contribution in [1.29, 1.82) is 0 Å². The van der Waals surface area contributed by atoms with Gasteiger partial charge < -0.3 is 9.88 Å². The number of rotatable bonds is 7. The fourth-order valence-corrected chi connectivity index (χ4v) is 6.85. The molecule has 1 N–H and O–H groups in total. The second kappa shape index (κ2) is 10.6. The van der Waals surface area contributed by atoms with Gasteiger partial charge in [-0.1, -0.05) is 44.2 Å². The molecule has 2 aromatic carbocycles. The van der Waals surface area contributed by atoms with E-state index in [9.17, 15) is 18.0 Å². The van der Waals surface area contributed by atoms with Crippen LogP contribution in [0.25, 0.3) is 10.9 Å². The van der Waals surface area contributed by atoms with E-state index in [0.717, 1.165) is 19.3 Å². The van der Waals surface area contributed by atoms with Crippen molar-refractivity contribution in [3.05, 3.63) is 76.1 Å². The summed E-state index contributed by atoms with van der Waals surface area (Å²) < 4.78 is 30.0. The third-order valence-corrected chi connectivity index (χ3v) is 8.79. The Labute approximate surface area is 213 Å². The second-order valence-electron chi connectivity index (χ2n) is 10.3. The minimum atomic E-state index is -3.75. The molecule has 7 nitrogen and oxygen atoms in total. The number of sulfonamides is 1. The lowest BCUT2D eigenvalue weighted by atomic mass is 9.94. The number of fused-ring (bicyclic) bond motifs is 1. The zero-order valence-electron chi connectivity index (χ0n) is 21.4. The Kier molecular flexibility index (Phi) is 7.66. The fourth-order valence-electron chi connectivity index (χ4n) is 5.15. The Bertz CT molecular complexity index is 1410. The molecule has 36 heavy (non-hydrogen) atoms. The Morgan fingerprint density at radius 1 is 1.08 bits per heavy atom. The number of carbonyl (C=O) groups is 1. The van der Waals surface area contributed by atoms with Crippen LogP contribution in [0.15, 0.2) is 64.4 Å². The third kappa shape index (κ3) is 5.55. The molecule has 1 amide bonds.